The quantitative estimate of drug-likeness (QED) is 0.553. The zero-order valence-electron chi connectivity index (χ0n) is 17.4. The number of aromatic nitrogens is 1. The van der Waals surface area contributed by atoms with Crippen molar-refractivity contribution in [2.75, 3.05) is 13.1 Å². The monoisotopic (exact) mass is 388 g/mol. The minimum Gasteiger partial charge on any atom is -0.440 e. The van der Waals surface area contributed by atoms with Crippen LogP contribution in [-0.4, -0.2) is 28.9 Å². The lowest BCUT2D eigenvalue weighted by Gasteiger charge is -2.29. The molecule has 0 bridgehead atoms. The number of hydrogen-bond acceptors (Lipinski definition) is 3. The molecule has 0 saturated carbocycles. The molecule has 1 aromatic heterocycles. The van der Waals surface area contributed by atoms with Gasteiger partial charge in [0.1, 0.15) is 5.52 Å². The Morgan fingerprint density at radius 3 is 2.41 bits per heavy atom. The summed E-state index contributed by atoms with van der Waals surface area (Å²) in [5.74, 6) is 1.15. The van der Waals surface area contributed by atoms with Crippen molar-refractivity contribution in [2.24, 2.45) is 0 Å². The van der Waals surface area contributed by atoms with Crippen LogP contribution < -0.4 is 0 Å². The van der Waals surface area contributed by atoms with E-state index in [1.54, 1.807) is 6.08 Å². The second-order valence-electron chi connectivity index (χ2n) is 8.82. The second-order valence-corrected chi connectivity index (χ2v) is 8.82. The van der Waals surface area contributed by atoms with E-state index in [1.807, 2.05) is 35.2 Å². The van der Waals surface area contributed by atoms with Crippen LogP contribution in [0.15, 0.2) is 59.0 Å². The van der Waals surface area contributed by atoms with E-state index in [0.29, 0.717) is 0 Å². The molecule has 150 valence electrons. The molecule has 0 aliphatic carbocycles. The number of rotatable bonds is 3. The van der Waals surface area contributed by atoms with Gasteiger partial charge in [0, 0.05) is 25.1 Å². The van der Waals surface area contributed by atoms with Crippen molar-refractivity contribution in [1.82, 2.24) is 9.88 Å². The van der Waals surface area contributed by atoms with Crippen LogP contribution in [0.4, 0.5) is 0 Å². The molecule has 29 heavy (non-hydrogen) atoms. The van der Waals surface area contributed by atoms with Gasteiger partial charge in [-0.05, 0) is 47.6 Å². The number of oxazole rings is 1. The first-order valence-corrected chi connectivity index (χ1v) is 10.3. The highest BCUT2D eigenvalue weighted by molar-refractivity contribution is 5.91. The molecular formula is C25H28N2O2. The van der Waals surface area contributed by atoms with E-state index in [1.165, 1.54) is 5.56 Å². The number of para-hydroxylation sites is 2. The van der Waals surface area contributed by atoms with Crippen LogP contribution in [0.1, 0.15) is 56.5 Å². The zero-order chi connectivity index (χ0) is 20.4. The molecule has 2 heterocycles. The summed E-state index contributed by atoms with van der Waals surface area (Å²) < 4.78 is 5.91. The SMILES string of the molecule is CC(C)(C)c1ccc(C=CC(=O)N2CCC(c3nc4ccccc4o3)CC2)cc1. The summed E-state index contributed by atoms with van der Waals surface area (Å²) in [6, 6.07) is 16.3. The second kappa shape index (κ2) is 7.86. The molecule has 1 aliphatic rings. The van der Waals surface area contributed by atoms with Gasteiger partial charge in [-0.3, -0.25) is 4.79 Å². The predicted octanol–water partition coefficient (Wildman–Crippen LogP) is 5.54. The summed E-state index contributed by atoms with van der Waals surface area (Å²) in [4.78, 5) is 19.1. The molecular weight excluding hydrogens is 360 g/mol. The van der Waals surface area contributed by atoms with Gasteiger partial charge in [0.15, 0.2) is 11.5 Å². The fraction of sp³-hybridized carbons (Fsp3) is 0.360. The minimum absolute atomic E-state index is 0.0703. The van der Waals surface area contributed by atoms with Crippen LogP contribution in [0, 0.1) is 0 Å². The molecule has 0 atom stereocenters. The number of carbonyl (C=O) groups is 1. The molecule has 1 saturated heterocycles. The van der Waals surface area contributed by atoms with E-state index in [2.05, 4.69) is 50.0 Å². The summed E-state index contributed by atoms with van der Waals surface area (Å²) in [5.41, 5.74) is 4.22. The molecule has 0 N–H and O–H groups in total. The normalized spacial score (nSPS) is 16.0. The third-order valence-electron chi connectivity index (χ3n) is 5.66. The molecule has 4 rings (SSSR count). The molecule has 0 unspecified atom stereocenters. The average Bonchev–Trinajstić information content (AvgIpc) is 3.16. The van der Waals surface area contributed by atoms with Gasteiger partial charge >= 0.3 is 0 Å². The Bertz CT molecular complexity index is 984. The number of nitrogens with zero attached hydrogens (tertiary/aromatic N) is 2. The van der Waals surface area contributed by atoms with Gasteiger partial charge in [0.05, 0.1) is 0 Å². The molecule has 1 fully saturated rings. The van der Waals surface area contributed by atoms with E-state index in [9.17, 15) is 4.79 Å². The van der Waals surface area contributed by atoms with Crippen LogP contribution in [0.3, 0.4) is 0 Å². The highest BCUT2D eigenvalue weighted by atomic mass is 16.3. The van der Waals surface area contributed by atoms with Crippen LogP contribution in [0.25, 0.3) is 17.2 Å². The van der Waals surface area contributed by atoms with Crippen molar-refractivity contribution in [2.45, 2.75) is 44.9 Å². The van der Waals surface area contributed by atoms with Crippen LogP contribution in [0.5, 0.6) is 0 Å². The molecule has 0 spiro atoms. The zero-order valence-corrected chi connectivity index (χ0v) is 17.4. The Balaban J connectivity index is 1.34. The third-order valence-corrected chi connectivity index (χ3v) is 5.66. The molecule has 4 heteroatoms. The smallest absolute Gasteiger partial charge is 0.246 e. The highest BCUT2D eigenvalue weighted by Gasteiger charge is 2.26. The Morgan fingerprint density at radius 1 is 1.07 bits per heavy atom. The molecule has 1 amide bonds. The number of fused-ring (bicyclic) bond motifs is 1. The first-order valence-electron chi connectivity index (χ1n) is 10.3. The Labute approximate surface area is 172 Å². The Hall–Kier alpha value is -2.88. The van der Waals surface area contributed by atoms with Crippen molar-refractivity contribution in [3.05, 3.63) is 71.6 Å². The number of amides is 1. The Morgan fingerprint density at radius 2 is 1.76 bits per heavy atom. The van der Waals surface area contributed by atoms with Gasteiger partial charge in [-0.1, -0.05) is 57.2 Å². The number of piperidine rings is 1. The molecule has 1 aliphatic heterocycles. The van der Waals surface area contributed by atoms with Gasteiger partial charge in [-0.15, -0.1) is 0 Å². The lowest BCUT2D eigenvalue weighted by Crippen LogP contribution is -2.36. The van der Waals surface area contributed by atoms with Crippen LogP contribution >= 0.6 is 0 Å². The fourth-order valence-electron chi connectivity index (χ4n) is 3.78. The van der Waals surface area contributed by atoms with Crippen molar-refractivity contribution < 1.29 is 9.21 Å². The van der Waals surface area contributed by atoms with Crippen molar-refractivity contribution in [1.29, 1.82) is 0 Å². The largest absolute Gasteiger partial charge is 0.440 e. The standard InChI is InChI=1S/C25H28N2O2/c1-25(2,3)20-11-8-18(9-12-20)10-13-23(28)27-16-14-19(15-17-27)24-26-21-6-4-5-7-22(21)29-24/h4-13,19H,14-17H2,1-3H3. The summed E-state index contributed by atoms with van der Waals surface area (Å²) in [6.07, 6.45) is 5.35. The van der Waals surface area contributed by atoms with Gasteiger partial charge in [0.25, 0.3) is 0 Å². The molecule has 2 aromatic carbocycles. The van der Waals surface area contributed by atoms with Crippen molar-refractivity contribution in [3.8, 4) is 0 Å². The Kier molecular flexibility index (Phi) is 5.27. The maximum absolute atomic E-state index is 12.6. The maximum Gasteiger partial charge on any atom is 0.246 e. The summed E-state index contributed by atoms with van der Waals surface area (Å²) in [7, 11) is 0. The van der Waals surface area contributed by atoms with Gasteiger partial charge < -0.3 is 9.32 Å². The number of hydrogen-bond donors (Lipinski definition) is 0. The molecule has 3 aromatic rings. The van der Waals surface area contributed by atoms with Gasteiger partial charge in [0.2, 0.25) is 5.91 Å². The topological polar surface area (TPSA) is 46.3 Å². The average molecular weight is 389 g/mol. The van der Waals surface area contributed by atoms with E-state index >= 15 is 0 Å². The minimum atomic E-state index is 0.0703. The van der Waals surface area contributed by atoms with E-state index in [4.69, 9.17) is 4.42 Å². The van der Waals surface area contributed by atoms with Gasteiger partial charge in [-0.2, -0.15) is 0 Å². The lowest BCUT2D eigenvalue weighted by atomic mass is 9.87. The number of benzene rings is 2. The van der Waals surface area contributed by atoms with E-state index < -0.39 is 0 Å². The summed E-state index contributed by atoms with van der Waals surface area (Å²) in [6.45, 7) is 8.06. The lowest BCUT2D eigenvalue weighted by molar-refractivity contribution is -0.127. The summed E-state index contributed by atoms with van der Waals surface area (Å²) >= 11 is 0. The predicted molar refractivity (Wildman–Crippen MR) is 117 cm³/mol. The number of likely N-dealkylation sites (tertiary alicyclic amines) is 1. The van der Waals surface area contributed by atoms with Crippen molar-refractivity contribution >= 4 is 23.1 Å². The highest BCUT2D eigenvalue weighted by Crippen LogP contribution is 2.30. The maximum atomic E-state index is 12.6. The van der Waals surface area contributed by atoms with Gasteiger partial charge in [-0.25, -0.2) is 4.98 Å². The fourth-order valence-corrected chi connectivity index (χ4v) is 3.78. The number of carbonyl (C=O) groups excluding carboxylic acids is 1. The van der Waals surface area contributed by atoms with E-state index in [0.717, 1.165) is 48.5 Å². The van der Waals surface area contributed by atoms with E-state index in [-0.39, 0.29) is 17.2 Å². The third kappa shape index (κ3) is 4.42. The summed E-state index contributed by atoms with van der Waals surface area (Å²) in [5, 5.41) is 0. The van der Waals surface area contributed by atoms with Crippen molar-refractivity contribution in [3.63, 3.8) is 0 Å². The van der Waals surface area contributed by atoms with Crippen LogP contribution in [-0.2, 0) is 10.2 Å². The molecule has 0 radical (unpaired) electrons. The molecule has 4 nitrogen and oxygen atoms in total. The van der Waals surface area contributed by atoms with Crippen LogP contribution in [0.2, 0.25) is 0 Å². The first kappa shape index (κ1) is 19.4. The first-order chi connectivity index (χ1) is 13.9.